The van der Waals surface area contributed by atoms with Crippen LogP contribution in [0.25, 0.3) is 22.8 Å². The average Bonchev–Trinajstić information content (AvgIpc) is 3.33. The van der Waals surface area contributed by atoms with Crippen LogP contribution in [0.2, 0.25) is 0 Å². The maximum atomic E-state index is 11.5. The fourth-order valence-electron chi connectivity index (χ4n) is 3.02. The third kappa shape index (κ3) is 3.05. The first-order chi connectivity index (χ1) is 12.6. The van der Waals surface area contributed by atoms with Crippen molar-refractivity contribution in [2.45, 2.75) is 13.8 Å². The molecule has 8 nitrogen and oxygen atoms in total. The van der Waals surface area contributed by atoms with Crippen LogP contribution >= 0.6 is 0 Å². The predicted molar refractivity (Wildman–Crippen MR) is 94.4 cm³/mol. The van der Waals surface area contributed by atoms with Crippen LogP contribution in [0.1, 0.15) is 12.6 Å². The van der Waals surface area contributed by atoms with Crippen LogP contribution in [0.15, 0.2) is 39.6 Å². The van der Waals surface area contributed by atoms with E-state index in [9.17, 15) is 4.79 Å². The number of anilines is 1. The van der Waals surface area contributed by atoms with Gasteiger partial charge >= 0.3 is 0 Å². The molecule has 0 bridgehead atoms. The second kappa shape index (κ2) is 6.62. The van der Waals surface area contributed by atoms with Crippen molar-refractivity contribution >= 4 is 11.9 Å². The van der Waals surface area contributed by atoms with Crippen LogP contribution in [0.5, 0.6) is 0 Å². The second-order valence-corrected chi connectivity index (χ2v) is 6.24. The van der Waals surface area contributed by atoms with Gasteiger partial charge in [-0.1, -0.05) is 5.16 Å². The smallest absolute Gasteiger partial charge is 0.226 e. The van der Waals surface area contributed by atoms with Gasteiger partial charge in [0.25, 0.3) is 0 Å². The zero-order chi connectivity index (χ0) is 18.1. The Morgan fingerprint density at radius 1 is 1.19 bits per heavy atom. The number of hydrogen-bond acceptors (Lipinski definition) is 7. The standard InChI is InChI=1S/C18H19N5O3/c1-12-10-16(26-21-12)14-11-19-18(20-17(14)15-4-3-9-25-15)23-7-5-22(6-8-23)13(2)24/h3-4,9-11H,5-8H2,1-2H3. The van der Waals surface area contributed by atoms with Crippen LogP contribution in [0.3, 0.4) is 0 Å². The van der Waals surface area contributed by atoms with Gasteiger partial charge in [0.1, 0.15) is 5.69 Å². The minimum atomic E-state index is 0.0953. The molecule has 1 aliphatic heterocycles. The van der Waals surface area contributed by atoms with Gasteiger partial charge in [0.05, 0.1) is 17.5 Å². The van der Waals surface area contributed by atoms with E-state index in [1.807, 2.05) is 30.0 Å². The molecular weight excluding hydrogens is 334 g/mol. The first-order valence-electron chi connectivity index (χ1n) is 8.47. The van der Waals surface area contributed by atoms with Crippen molar-refractivity contribution in [3.8, 4) is 22.8 Å². The molecule has 134 valence electrons. The molecular formula is C18H19N5O3. The lowest BCUT2D eigenvalue weighted by Crippen LogP contribution is -2.48. The number of amides is 1. The van der Waals surface area contributed by atoms with Crippen molar-refractivity contribution in [3.05, 3.63) is 36.4 Å². The van der Waals surface area contributed by atoms with Crippen molar-refractivity contribution in [1.29, 1.82) is 0 Å². The SMILES string of the molecule is CC(=O)N1CCN(c2ncc(-c3cc(C)no3)c(-c3ccco3)n2)CC1. The molecule has 1 saturated heterocycles. The fourth-order valence-corrected chi connectivity index (χ4v) is 3.02. The predicted octanol–water partition coefficient (Wildman–Crippen LogP) is 2.37. The van der Waals surface area contributed by atoms with E-state index >= 15 is 0 Å². The third-order valence-electron chi connectivity index (χ3n) is 4.43. The zero-order valence-corrected chi connectivity index (χ0v) is 14.7. The number of furan rings is 1. The highest BCUT2D eigenvalue weighted by atomic mass is 16.5. The van der Waals surface area contributed by atoms with Gasteiger partial charge in [0.15, 0.2) is 11.5 Å². The Kier molecular flexibility index (Phi) is 4.16. The summed E-state index contributed by atoms with van der Waals surface area (Å²) < 4.78 is 10.9. The van der Waals surface area contributed by atoms with Crippen molar-refractivity contribution in [2.75, 3.05) is 31.1 Å². The Morgan fingerprint density at radius 3 is 2.62 bits per heavy atom. The summed E-state index contributed by atoms with van der Waals surface area (Å²) in [7, 11) is 0. The van der Waals surface area contributed by atoms with Crippen LogP contribution in [0.4, 0.5) is 5.95 Å². The Bertz CT molecular complexity index is 911. The number of nitrogens with zero attached hydrogens (tertiary/aromatic N) is 5. The molecule has 26 heavy (non-hydrogen) atoms. The minimum absolute atomic E-state index is 0.0953. The Balaban J connectivity index is 1.68. The van der Waals surface area contributed by atoms with Crippen molar-refractivity contribution in [2.24, 2.45) is 0 Å². The number of rotatable bonds is 3. The lowest BCUT2D eigenvalue weighted by molar-refractivity contribution is -0.129. The van der Waals surface area contributed by atoms with Gasteiger partial charge < -0.3 is 18.7 Å². The van der Waals surface area contributed by atoms with E-state index in [4.69, 9.17) is 13.9 Å². The highest BCUT2D eigenvalue weighted by Gasteiger charge is 2.23. The largest absolute Gasteiger partial charge is 0.463 e. The van der Waals surface area contributed by atoms with Gasteiger partial charge in [0, 0.05) is 45.4 Å². The van der Waals surface area contributed by atoms with E-state index in [-0.39, 0.29) is 5.91 Å². The highest BCUT2D eigenvalue weighted by molar-refractivity contribution is 5.76. The van der Waals surface area contributed by atoms with Crippen LogP contribution in [-0.4, -0.2) is 52.1 Å². The lowest BCUT2D eigenvalue weighted by atomic mass is 10.1. The maximum absolute atomic E-state index is 11.5. The number of piperazine rings is 1. The molecule has 1 amide bonds. The van der Waals surface area contributed by atoms with Gasteiger partial charge in [-0.15, -0.1) is 0 Å². The molecule has 0 radical (unpaired) electrons. The van der Waals surface area contributed by atoms with E-state index in [2.05, 4.69) is 15.0 Å². The number of hydrogen-bond donors (Lipinski definition) is 0. The van der Waals surface area contributed by atoms with Gasteiger partial charge in [-0.25, -0.2) is 9.97 Å². The third-order valence-corrected chi connectivity index (χ3v) is 4.43. The van der Waals surface area contributed by atoms with Crippen molar-refractivity contribution in [3.63, 3.8) is 0 Å². The molecule has 3 aromatic rings. The summed E-state index contributed by atoms with van der Waals surface area (Å²) in [6, 6.07) is 5.52. The molecule has 8 heteroatoms. The molecule has 4 rings (SSSR count). The van der Waals surface area contributed by atoms with Crippen LogP contribution in [-0.2, 0) is 4.79 Å². The summed E-state index contributed by atoms with van der Waals surface area (Å²) in [4.78, 5) is 24.6. The molecule has 1 aliphatic rings. The van der Waals surface area contributed by atoms with Crippen molar-refractivity contribution < 1.29 is 13.7 Å². The van der Waals surface area contributed by atoms with Crippen LogP contribution < -0.4 is 4.90 Å². The molecule has 4 heterocycles. The summed E-state index contributed by atoms with van der Waals surface area (Å²) in [5.74, 6) is 1.94. The molecule has 0 aromatic carbocycles. The monoisotopic (exact) mass is 353 g/mol. The second-order valence-electron chi connectivity index (χ2n) is 6.24. The minimum Gasteiger partial charge on any atom is -0.463 e. The number of aromatic nitrogens is 3. The fraction of sp³-hybridized carbons (Fsp3) is 0.333. The summed E-state index contributed by atoms with van der Waals surface area (Å²) in [5.41, 5.74) is 2.17. The van der Waals surface area contributed by atoms with E-state index in [1.54, 1.807) is 19.4 Å². The Labute approximate surface area is 150 Å². The molecule has 3 aromatic heterocycles. The summed E-state index contributed by atoms with van der Waals surface area (Å²) in [5, 5.41) is 3.94. The zero-order valence-electron chi connectivity index (χ0n) is 14.7. The topological polar surface area (TPSA) is 88.5 Å². The summed E-state index contributed by atoms with van der Waals surface area (Å²) in [6.45, 7) is 6.17. The van der Waals surface area contributed by atoms with E-state index in [0.717, 1.165) is 11.3 Å². The molecule has 0 spiro atoms. The quantitative estimate of drug-likeness (QED) is 0.714. The van der Waals surface area contributed by atoms with Crippen LogP contribution in [0, 0.1) is 6.92 Å². The summed E-state index contributed by atoms with van der Waals surface area (Å²) >= 11 is 0. The number of carbonyl (C=O) groups is 1. The van der Waals surface area contributed by atoms with Gasteiger partial charge in [-0.3, -0.25) is 4.79 Å². The molecule has 0 N–H and O–H groups in total. The van der Waals surface area contributed by atoms with E-state index in [1.165, 1.54) is 0 Å². The van der Waals surface area contributed by atoms with E-state index < -0.39 is 0 Å². The number of carbonyl (C=O) groups excluding carboxylic acids is 1. The van der Waals surface area contributed by atoms with Gasteiger partial charge in [-0.2, -0.15) is 0 Å². The first-order valence-corrected chi connectivity index (χ1v) is 8.47. The molecule has 0 unspecified atom stereocenters. The van der Waals surface area contributed by atoms with E-state index in [0.29, 0.717) is 49.3 Å². The maximum Gasteiger partial charge on any atom is 0.226 e. The number of aryl methyl sites for hydroxylation is 1. The highest BCUT2D eigenvalue weighted by Crippen LogP contribution is 2.32. The molecule has 1 fully saturated rings. The molecule has 0 atom stereocenters. The molecule has 0 aliphatic carbocycles. The van der Waals surface area contributed by atoms with Gasteiger partial charge in [0.2, 0.25) is 11.9 Å². The normalized spacial score (nSPS) is 14.7. The molecule has 0 saturated carbocycles. The summed E-state index contributed by atoms with van der Waals surface area (Å²) in [6.07, 6.45) is 3.34. The Hall–Kier alpha value is -3.16. The lowest BCUT2D eigenvalue weighted by Gasteiger charge is -2.34. The van der Waals surface area contributed by atoms with Crippen molar-refractivity contribution in [1.82, 2.24) is 20.0 Å². The first kappa shape index (κ1) is 16.3. The Morgan fingerprint density at radius 2 is 2.00 bits per heavy atom. The van der Waals surface area contributed by atoms with Gasteiger partial charge in [-0.05, 0) is 19.1 Å². The average molecular weight is 353 g/mol.